The fourth-order valence-corrected chi connectivity index (χ4v) is 2.19. The first-order chi connectivity index (χ1) is 10.1. The Labute approximate surface area is 136 Å². The summed E-state index contributed by atoms with van der Waals surface area (Å²) in [6.45, 7) is 13.5. The van der Waals surface area contributed by atoms with Gasteiger partial charge >= 0.3 is 5.97 Å². The Kier molecular flexibility index (Phi) is 10.1. The van der Waals surface area contributed by atoms with E-state index < -0.39 is 5.97 Å². The topological polar surface area (TPSA) is 46.5 Å². The van der Waals surface area contributed by atoms with Crippen molar-refractivity contribution in [1.29, 1.82) is 0 Å². The summed E-state index contributed by atoms with van der Waals surface area (Å²) in [6, 6.07) is 0. The number of rotatable bonds is 11. The lowest BCUT2D eigenvalue weighted by atomic mass is 9.94. The molecule has 128 valence electrons. The monoisotopic (exact) mass is 310 g/mol. The number of carboxylic acid groups (broad SMARTS) is 1. The predicted octanol–water partition coefficient (Wildman–Crippen LogP) is 5.22. The van der Waals surface area contributed by atoms with E-state index in [1.807, 2.05) is 13.0 Å². The predicted molar refractivity (Wildman–Crippen MR) is 93.0 cm³/mol. The second-order valence-electron chi connectivity index (χ2n) is 7.33. The van der Waals surface area contributed by atoms with Crippen molar-refractivity contribution in [3.63, 3.8) is 0 Å². The number of hydrogen-bond acceptors (Lipinski definition) is 2. The fourth-order valence-electron chi connectivity index (χ4n) is 2.19. The number of hydrogen-bond donors (Lipinski definition) is 1. The van der Waals surface area contributed by atoms with Gasteiger partial charge in [-0.3, -0.25) is 0 Å². The summed E-state index contributed by atoms with van der Waals surface area (Å²) in [4.78, 5) is 10.5. The van der Waals surface area contributed by atoms with Crippen molar-refractivity contribution in [2.45, 2.75) is 72.8 Å². The molecule has 0 rings (SSSR count). The molecule has 0 amide bonds. The van der Waals surface area contributed by atoms with Gasteiger partial charge in [0.2, 0.25) is 0 Å². The molecule has 22 heavy (non-hydrogen) atoms. The van der Waals surface area contributed by atoms with E-state index in [1.165, 1.54) is 12.5 Å². The molecule has 0 aromatic rings. The first-order valence-electron chi connectivity index (χ1n) is 8.34. The Morgan fingerprint density at radius 1 is 1.27 bits per heavy atom. The third-order valence-corrected chi connectivity index (χ3v) is 3.55. The highest BCUT2D eigenvalue weighted by atomic mass is 16.5. The Morgan fingerprint density at radius 2 is 1.91 bits per heavy atom. The molecule has 0 aliphatic rings. The van der Waals surface area contributed by atoms with Gasteiger partial charge in [0.05, 0.1) is 5.60 Å². The molecule has 0 bridgehead atoms. The van der Waals surface area contributed by atoms with E-state index >= 15 is 0 Å². The molecule has 0 heterocycles. The van der Waals surface area contributed by atoms with Crippen molar-refractivity contribution in [2.75, 3.05) is 6.61 Å². The molecule has 0 spiro atoms. The summed E-state index contributed by atoms with van der Waals surface area (Å²) in [5.74, 6) is 0.291. The zero-order chi connectivity index (χ0) is 17.2. The van der Waals surface area contributed by atoms with Crippen LogP contribution in [0.15, 0.2) is 23.8 Å². The normalized spacial score (nSPS) is 14.8. The first-order valence-corrected chi connectivity index (χ1v) is 8.34. The molecule has 1 N–H and O–H groups in total. The molecule has 0 aliphatic carbocycles. The molecule has 0 saturated carbocycles. The van der Waals surface area contributed by atoms with E-state index in [-0.39, 0.29) is 5.60 Å². The molecular weight excluding hydrogens is 276 g/mol. The summed E-state index contributed by atoms with van der Waals surface area (Å²) < 4.78 is 5.95. The first kappa shape index (κ1) is 20.9. The maximum Gasteiger partial charge on any atom is 0.328 e. The van der Waals surface area contributed by atoms with Crippen LogP contribution in [0.1, 0.15) is 67.2 Å². The van der Waals surface area contributed by atoms with Gasteiger partial charge in [0, 0.05) is 12.7 Å². The fraction of sp³-hybridized carbons (Fsp3) is 0.737. The molecule has 0 radical (unpaired) electrons. The molecule has 3 heteroatoms. The quantitative estimate of drug-likeness (QED) is 0.420. The molecule has 0 aromatic carbocycles. The molecule has 0 aromatic heterocycles. The third-order valence-electron chi connectivity index (χ3n) is 3.55. The third kappa shape index (κ3) is 12.6. The Bertz CT molecular complexity index is 378. The molecule has 1 atom stereocenters. The molecule has 0 aliphatic heterocycles. The van der Waals surface area contributed by atoms with Gasteiger partial charge in [0.15, 0.2) is 0 Å². The van der Waals surface area contributed by atoms with Crippen LogP contribution < -0.4 is 0 Å². The SMILES string of the molecule is CC(C=CC[C@@H](C)CCCC(C)(C)OCC(C)C)=CC(=O)O. The highest BCUT2D eigenvalue weighted by molar-refractivity contribution is 5.81. The zero-order valence-electron chi connectivity index (χ0n) is 15.2. The average molecular weight is 310 g/mol. The van der Waals surface area contributed by atoms with Gasteiger partial charge in [-0.2, -0.15) is 0 Å². The van der Waals surface area contributed by atoms with Crippen molar-refractivity contribution in [1.82, 2.24) is 0 Å². The number of aliphatic carboxylic acids is 1. The van der Waals surface area contributed by atoms with Crippen LogP contribution >= 0.6 is 0 Å². The summed E-state index contributed by atoms with van der Waals surface area (Å²) in [5, 5.41) is 8.64. The van der Waals surface area contributed by atoms with Crippen LogP contribution in [-0.4, -0.2) is 23.3 Å². The van der Waals surface area contributed by atoms with Crippen molar-refractivity contribution in [2.24, 2.45) is 11.8 Å². The zero-order valence-corrected chi connectivity index (χ0v) is 15.2. The van der Waals surface area contributed by atoms with Gasteiger partial charge in [-0.15, -0.1) is 0 Å². The van der Waals surface area contributed by atoms with Crippen LogP contribution in [0.25, 0.3) is 0 Å². The summed E-state index contributed by atoms with van der Waals surface area (Å²) in [5.41, 5.74) is 0.739. The van der Waals surface area contributed by atoms with E-state index in [1.54, 1.807) is 0 Å². The largest absolute Gasteiger partial charge is 0.478 e. The van der Waals surface area contributed by atoms with Gasteiger partial charge in [0.1, 0.15) is 0 Å². The standard InChI is InChI=1S/C19H34O3/c1-15(2)14-22-19(5,6)12-8-11-16(3)9-7-10-17(4)13-18(20)21/h7,10,13,15-16H,8-9,11-12,14H2,1-6H3,(H,20,21)/t16-/m1/s1. The number of carboxylic acids is 1. The van der Waals surface area contributed by atoms with Crippen LogP contribution in [0.3, 0.4) is 0 Å². The second kappa shape index (κ2) is 10.6. The van der Waals surface area contributed by atoms with Crippen molar-refractivity contribution in [3.8, 4) is 0 Å². The average Bonchev–Trinajstić information content (AvgIpc) is 2.35. The Morgan fingerprint density at radius 3 is 2.45 bits per heavy atom. The van der Waals surface area contributed by atoms with Gasteiger partial charge in [-0.25, -0.2) is 4.79 Å². The van der Waals surface area contributed by atoms with Crippen LogP contribution in [0.4, 0.5) is 0 Å². The minimum Gasteiger partial charge on any atom is -0.478 e. The summed E-state index contributed by atoms with van der Waals surface area (Å²) in [6.07, 6.45) is 9.57. The maximum absolute atomic E-state index is 10.5. The summed E-state index contributed by atoms with van der Waals surface area (Å²) in [7, 11) is 0. The number of allylic oxidation sites excluding steroid dienone is 3. The molecule has 0 fully saturated rings. The minimum atomic E-state index is -0.890. The molecular formula is C19H34O3. The smallest absolute Gasteiger partial charge is 0.328 e. The van der Waals surface area contributed by atoms with E-state index in [0.29, 0.717) is 11.8 Å². The van der Waals surface area contributed by atoms with Gasteiger partial charge in [0.25, 0.3) is 0 Å². The molecule has 3 nitrogen and oxygen atoms in total. The van der Waals surface area contributed by atoms with E-state index in [4.69, 9.17) is 9.84 Å². The Balaban J connectivity index is 3.97. The van der Waals surface area contributed by atoms with Crippen LogP contribution in [0.5, 0.6) is 0 Å². The summed E-state index contributed by atoms with van der Waals surface area (Å²) >= 11 is 0. The second-order valence-corrected chi connectivity index (χ2v) is 7.33. The number of ether oxygens (including phenoxy) is 1. The van der Waals surface area contributed by atoms with Crippen molar-refractivity contribution < 1.29 is 14.6 Å². The lowest BCUT2D eigenvalue weighted by molar-refractivity contribution is -0.131. The van der Waals surface area contributed by atoms with Crippen LogP contribution in [0, 0.1) is 11.8 Å². The van der Waals surface area contributed by atoms with Gasteiger partial charge in [-0.1, -0.05) is 45.8 Å². The Hall–Kier alpha value is -1.09. The highest BCUT2D eigenvalue weighted by Crippen LogP contribution is 2.22. The van der Waals surface area contributed by atoms with Gasteiger partial charge in [-0.05, 0) is 51.0 Å². The van der Waals surface area contributed by atoms with Crippen LogP contribution in [-0.2, 0) is 9.53 Å². The lowest BCUT2D eigenvalue weighted by Crippen LogP contribution is -2.26. The maximum atomic E-state index is 10.5. The van der Waals surface area contributed by atoms with Crippen molar-refractivity contribution >= 4 is 5.97 Å². The molecule has 0 unspecified atom stereocenters. The van der Waals surface area contributed by atoms with Crippen LogP contribution in [0.2, 0.25) is 0 Å². The van der Waals surface area contributed by atoms with Gasteiger partial charge < -0.3 is 9.84 Å². The van der Waals surface area contributed by atoms with Crippen molar-refractivity contribution in [3.05, 3.63) is 23.8 Å². The van der Waals surface area contributed by atoms with E-state index in [0.717, 1.165) is 31.4 Å². The van der Waals surface area contributed by atoms with E-state index in [2.05, 4.69) is 40.7 Å². The van der Waals surface area contributed by atoms with E-state index in [9.17, 15) is 4.79 Å². The highest BCUT2D eigenvalue weighted by Gasteiger charge is 2.18. The number of carbonyl (C=O) groups is 1. The minimum absolute atomic E-state index is 0.0410. The molecule has 0 saturated heterocycles. The lowest BCUT2D eigenvalue weighted by Gasteiger charge is -2.27.